The third kappa shape index (κ3) is 5.29. The number of anilines is 1. The van der Waals surface area contributed by atoms with Crippen LogP contribution in [0.15, 0.2) is 101 Å². The number of benzene rings is 2. The molecule has 1 saturated carbocycles. The first-order valence-electron chi connectivity index (χ1n) is 13.3. The molecule has 2 fully saturated rings. The zero-order valence-electron chi connectivity index (χ0n) is 21.3. The summed E-state index contributed by atoms with van der Waals surface area (Å²) in [6, 6.07) is 25.8. The maximum absolute atomic E-state index is 11.0. The number of nitro groups is 1. The van der Waals surface area contributed by atoms with Gasteiger partial charge in [0.05, 0.1) is 16.7 Å². The van der Waals surface area contributed by atoms with E-state index in [1.807, 2.05) is 18.3 Å². The summed E-state index contributed by atoms with van der Waals surface area (Å²) in [4.78, 5) is 19.5. The Bertz CT molecular complexity index is 1450. The molecule has 3 heterocycles. The topological polar surface area (TPSA) is 76.2 Å². The van der Waals surface area contributed by atoms with Gasteiger partial charge >= 0.3 is 0 Å². The summed E-state index contributed by atoms with van der Waals surface area (Å²) in [7, 11) is 0. The molecule has 2 aliphatic rings. The van der Waals surface area contributed by atoms with E-state index in [1.54, 1.807) is 23.9 Å². The zero-order valence-corrected chi connectivity index (χ0v) is 23.0. The van der Waals surface area contributed by atoms with Crippen molar-refractivity contribution >= 4 is 40.5 Å². The van der Waals surface area contributed by atoms with Gasteiger partial charge in [0.15, 0.2) is 5.11 Å². The Morgan fingerprint density at radius 3 is 2.31 bits per heavy atom. The fraction of sp³-hybridized carbons (Fsp3) is 0.267. The Balaban J connectivity index is 1.32. The van der Waals surface area contributed by atoms with E-state index in [0.29, 0.717) is 11.2 Å². The van der Waals surface area contributed by atoms with E-state index in [0.717, 1.165) is 21.2 Å². The number of non-ortho nitro benzene ring substituents is 1. The number of hydrogen-bond donors (Lipinski definition) is 1. The molecule has 39 heavy (non-hydrogen) atoms. The molecule has 9 heteroatoms. The molecular weight excluding hydrogens is 526 g/mol. The van der Waals surface area contributed by atoms with Crippen molar-refractivity contribution in [3.63, 3.8) is 0 Å². The van der Waals surface area contributed by atoms with Crippen molar-refractivity contribution in [2.75, 3.05) is 4.90 Å². The van der Waals surface area contributed by atoms with Gasteiger partial charge in [-0.3, -0.25) is 15.1 Å². The van der Waals surface area contributed by atoms with Crippen molar-refractivity contribution in [2.45, 2.75) is 60.0 Å². The Kier molecular flexibility index (Phi) is 7.34. The smallest absolute Gasteiger partial charge is 0.269 e. The van der Waals surface area contributed by atoms with E-state index in [9.17, 15) is 10.1 Å². The van der Waals surface area contributed by atoms with Gasteiger partial charge in [0.2, 0.25) is 0 Å². The normalized spacial score (nSPS) is 19.7. The van der Waals surface area contributed by atoms with Crippen LogP contribution in [0.3, 0.4) is 0 Å². The van der Waals surface area contributed by atoms with Gasteiger partial charge < -0.3 is 14.8 Å². The van der Waals surface area contributed by atoms with Crippen LogP contribution in [0.2, 0.25) is 0 Å². The fourth-order valence-electron chi connectivity index (χ4n) is 5.73. The van der Waals surface area contributed by atoms with Crippen LogP contribution >= 0.6 is 24.0 Å². The maximum atomic E-state index is 11.0. The number of nitrogens with zero attached hydrogens (tertiary/aromatic N) is 4. The van der Waals surface area contributed by atoms with Gasteiger partial charge in [-0.2, -0.15) is 0 Å². The molecule has 1 aliphatic carbocycles. The average Bonchev–Trinajstić information content (AvgIpc) is 3.59. The highest BCUT2D eigenvalue weighted by Gasteiger charge is 2.42. The molecule has 2 atom stereocenters. The molecule has 6 rings (SSSR count). The van der Waals surface area contributed by atoms with Gasteiger partial charge in [0.25, 0.3) is 5.69 Å². The molecule has 198 valence electrons. The van der Waals surface area contributed by atoms with Crippen LogP contribution in [0.5, 0.6) is 0 Å². The minimum Gasteiger partial charge on any atom is -0.351 e. The molecule has 1 aliphatic heterocycles. The van der Waals surface area contributed by atoms with Crippen LogP contribution in [0, 0.1) is 10.1 Å². The van der Waals surface area contributed by atoms with E-state index in [2.05, 4.69) is 63.4 Å². The van der Waals surface area contributed by atoms with Gasteiger partial charge in [-0.25, -0.2) is 0 Å². The molecule has 0 radical (unpaired) electrons. The highest BCUT2D eigenvalue weighted by molar-refractivity contribution is 7.99. The first-order valence-corrected chi connectivity index (χ1v) is 14.5. The van der Waals surface area contributed by atoms with Crippen molar-refractivity contribution in [3.8, 4) is 0 Å². The van der Waals surface area contributed by atoms with Gasteiger partial charge in [0.1, 0.15) is 6.04 Å². The summed E-state index contributed by atoms with van der Waals surface area (Å²) in [6.07, 6.45) is 10.3. The molecule has 1 saturated heterocycles. The number of nitro benzene ring substituents is 1. The second-order valence-electron chi connectivity index (χ2n) is 9.98. The highest BCUT2D eigenvalue weighted by atomic mass is 32.2. The highest BCUT2D eigenvalue weighted by Crippen LogP contribution is 2.44. The quantitative estimate of drug-likeness (QED) is 0.143. The van der Waals surface area contributed by atoms with E-state index < -0.39 is 0 Å². The number of nitrogens with one attached hydrogen (secondary N) is 1. The number of aromatic nitrogens is 2. The molecular formula is C30H29N5O2S2. The SMILES string of the molecule is O=[N+]([O-])c1ccc(Sc2ccc(N3C(=S)NC(c4ccccn4)C3c3cccn3C3CCCCC3)cc2)cc1. The molecule has 7 nitrogen and oxygen atoms in total. The van der Waals surface area contributed by atoms with E-state index in [1.165, 1.54) is 49.9 Å². The molecule has 2 aromatic heterocycles. The maximum Gasteiger partial charge on any atom is 0.269 e. The van der Waals surface area contributed by atoms with Crippen molar-refractivity contribution in [1.29, 1.82) is 0 Å². The van der Waals surface area contributed by atoms with Crippen molar-refractivity contribution in [3.05, 3.63) is 113 Å². The fourth-order valence-corrected chi connectivity index (χ4v) is 6.89. The Morgan fingerprint density at radius 1 is 0.923 bits per heavy atom. The van der Waals surface area contributed by atoms with Gasteiger partial charge in [-0.05, 0) is 85.7 Å². The number of rotatable bonds is 7. The summed E-state index contributed by atoms with van der Waals surface area (Å²) in [5.41, 5.74) is 3.32. The molecule has 1 N–H and O–H groups in total. The summed E-state index contributed by atoms with van der Waals surface area (Å²) in [5.74, 6) is 0. The minimum atomic E-state index is -0.379. The standard InChI is InChI=1S/C30H29N5O2S2/c36-35(37)23-13-17-25(18-14-23)39-24-15-11-22(12-16-24)34-29(28(32-30(34)38)26-9-4-5-19-31-26)27-10-6-20-33(27)21-7-2-1-3-8-21/h4-6,9-21,28-29H,1-3,7-8H2,(H,32,38). The lowest BCUT2D eigenvalue weighted by Crippen LogP contribution is -2.31. The van der Waals surface area contributed by atoms with Crippen LogP contribution in [-0.2, 0) is 0 Å². The second-order valence-corrected chi connectivity index (χ2v) is 11.5. The summed E-state index contributed by atoms with van der Waals surface area (Å²) in [5, 5.41) is 15.2. The summed E-state index contributed by atoms with van der Waals surface area (Å²) < 4.78 is 2.47. The van der Waals surface area contributed by atoms with Crippen molar-refractivity contribution in [2.24, 2.45) is 0 Å². The lowest BCUT2D eigenvalue weighted by Gasteiger charge is -2.32. The van der Waals surface area contributed by atoms with Gasteiger partial charge in [0, 0.05) is 51.7 Å². The largest absolute Gasteiger partial charge is 0.351 e. The van der Waals surface area contributed by atoms with Crippen LogP contribution < -0.4 is 10.2 Å². The first kappa shape index (κ1) is 25.6. The van der Waals surface area contributed by atoms with Crippen LogP contribution in [0.25, 0.3) is 0 Å². The second kappa shape index (κ2) is 11.2. The predicted octanol–water partition coefficient (Wildman–Crippen LogP) is 7.62. The van der Waals surface area contributed by atoms with Crippen LogP contribution in [0.1, 0.15) is 61.6 Å². The minimum absolute atomic E-state index is 0.0440. The lowest BCUT2D eigenvalue weighted by molar-refractivity contribution is -0.384. The Labute approximate surface area is 237 Å². The van der Waals surface area contributed by atoms with Crippen LogP contribution in [-0.4, -0.2) is 19.6 Å². The molecule has 0 amide bonds. The van der Waals surface area contributed by atoms with Gasteiger partial charge in [-0.15, -0.1) is 0 Å². The summed E-state index contributed by atoms with van der Waals surface area (Å²) in [6.45, 7) is 0. The average molecular weight is 556 g/mol. The molecule has 0 spiro atoms. The number of pyridine rings is 1. The Hall–Kier alpha value is -3.69. The first-order chi connectivity index (χ1) is 19.1. The molecule has 2 aromatic carbocycles. The van der Waals surface area contributed by atoms with Crippen molar-refractivity contribution < 1.29 is 4.92 Å². The lowest BCUT2D eigenvalue weighted by atomic mass is 9.94. The van der Waals surface area contributed by atoms with Crippen molar-refractivity contribution in [1.82, 2.24) is 14.9 Å². The monoisotopic (exact) mass is 555 g/mol. The number of thiocarbonyl (C=S) groups is 1. The molecule has 0 bridgehead atoms. The summed E-state index contributed by atoms with van der Waals surface area (Å²) >= 11 is 7.51. The Morgan fingerprint density at radius 2 is 1.64 bits per heavy atom. The third-order valence-electron chi connectivity index (χ3n) is 7.58. The van der Waals surface area contributed by atoms with Crippen LogP contribution in [0.4, 0.5) is 11.4 Å². The van der Waals surface area contributed by atoms with E-state index in [4.69, 9.17) is 17.2 Å². The van der Waals surface area contributed by atoms with E-state index in [-0.39, 0.29) is 22.7 Å². The van der Waals surface area contributed by atoms with E-state index >= 15 is 0 Å². The predicted molar refractivity (Wildman–Crippen MR) is 158 cm³/mol. The third-order valence-corrected chi connectivity index (χ3v) is 8.91. The van der Waals surface area contributed by atoms with Gasteiger partial charge in [-0.1, -0.05) is 37.1 Å². The zero-order chi connectivity index (χ0) is 26.8. The number of hydrogen-bond acceptors (Lipinski definition) is 5. The molecule has 4 aromatic rings. The molecule has 2 unspecified atom stereocenters.